The minimum atomic E-state index is -4.35. The van der Waals surface area contributed by atoms with Crippen LogP contribution < -0.4 is 20.9 Å². The monoisotopic (exact) mass is 537 g/mol. The van der Waals surface area contributed by atoms with E-state index in [-0.39, 0.29) is 5.75 Å². The minimum Gasteiger partial charge on any atom is -0.462 e. The maximum Gasteiger partial charge on any atom is 0.459 e. The number of aromatic amines is 1. The van der Waals surface area contributed by atoms with Gasteiger partial charge in [-0.25, -0.2) is 9.36 Å². The SMILES string of the molecule is C#C[C@@]1(O)[C@@H](COP(=O)(N[C@H](C)C(=O)OC(C)C)Oc2ccccc2)O[C@@H](n2ccc(=O)[nH]c2=O)[C@@H]1O. The molecule has 0 amide bonds. The van der Waals surface area contributed by atoms with Crippen molar-refractivity contribution in [3.05, 3.63) is 63.4 Å². The summed E-state index contributed by atoms with van der Waals surface area (Å²) in [6, 6.07) is 7.83. The second kappa shape index (κ2) is 11.4. The van der Waals surface area contributed by atoms with E-state index in [0.29, 0.717) is 0 Å². The summed E-state index contributed by atoms with van der Waals surface area (Å²) >= 11 is 0. The van der Waals surface area contributed by atoms with E-state index in [2.05, 4.69) is 5.09 Å². The Labute approximate surface area is 211 Å². The number of terminal acetylenes is 1. The third-order valence-electron chi connectivity index (χ3n) is 5.29. The average molecular weight is 537 g/mol. The van der Waals surface area contributed by atoms with Crippen LogP contribution in [0.25, 0.3) is 0 Å². The lowest BCUT2D eigenvalue weighted by molar-refractivity contribution is -0.149. The van der Waals surface area contributed by atoms with Crippen molar-refractivity contribution < 1.29 is 38.1 Å². The van der Waals surface area contributed by atoms with Crippen molar-refractivity contribution in [2.45, 2.75) is 57.0 Å². The van der Waals surface area contributed by atoms with Crippen LogP contribution in [0.1, 0.15) is 27.0 Å². The Morgan fingerprint density at radius 2 is 1.97 bits per heavy atom. The smallest absolute Gasteiger partial charge is 0.459 e. The third-order valence-corrected chi connectivity index (χ3v) is 6.94. The van der Waals surface area contributed by atoms with Gasteiger partial charge in [0.05, 0.1) is 12.7 Å². The molecule has 3 rings (SSSR count). The lowest BCUT2D eigenvalue weighted by Crippen LogP contribution is -2.49. The highest BCUT2D eigenvalue weighted by molar-refractivity contribution is 7.52. The zero-order valence-electron chi connectivity index (χ0n) is 20.3. The summed E-state index contributed by atoms with van der Waals surface area (Å²) in [5.41, 5.74) is -3.99. The van der Waals surface area contributed by atoms with E-state index in [0.717, 1.165) is 16.8 Å². The number of hydrogen-bond donors (Lipinski definition) is 4. The van der Waals surface area contributed by atoms with Gasteiger partial charge < -0.3 is 24.2 Å². The highest BCUT2D eigenvalue weighted by Gasteiger charge is 2.56. The molecule has 13 nitrogen and oxygen atoms in total. The molecule has 2 heterocycles. The molecule has 1 saturated heterocycles. The summed E-state index contributed by atoms with van der Waals surface area (Å²) in [5.74, 6) is 1.44. The van der Waals surface area contributed by atoms with Gasteiger partial charge in [-0.05, 0) is 32.9 Å². The van der Waals surface area contributed by atoms with Gasteiger partial charge in [-0.15, -0.1) is 6.42 Å². The van der Waals surface area contributed by atoms with Gasteiger partial charge in [0.2, 0.25) is 0 Å². The molecular weight excluding hydrogens is 509 g/mol. The molecule has 1 fully saturated rings. The predicted molar refractivity (Wildman–Crippen MR) is 129 cm³/mol. The fraction of sp³-hybridized carbons (Fsp3) is 0.435. The summed E-state index contributed by atoms with van der Waals surface area (Å²) in [7, 11) is -4.35. The van der Waals surface area contributed by atoms with Crippen LogP contribution in [0.15, 0.2) is 52.2 Å². The first-order chi connectivity index (χ1) is 17.4. The van der Waals surface area contributed by atoms with Gasteiger partial charge in [0.25, 0.3) is 5.56 Å². The van der Waals surface area contributed by atoms with Crippen molar-refractivity contribution in [2.75, 3.05) is 6.61 Å². The number of hydrogen-bond acceptors (Lipinski definition) is 10. The molecule has 1 aromatic heterocycles. The standard InChI is InChI=1S/C23H28N3O10P/c1-5-23(31)17(35-20(19(23)28)26-12-11-18(27)24-22(26)30)13-33-37(32,36-16-9-7-6-8-10-16)25-15(4)21(29)34-14(2)3/h1,6-12,14-15,17,19-20,28,31H,13H2,2-4H3,(H,25,32)(H,24,27,30)/t15-,17-,19+,20-,23-,37?/m1/s1. The summed E-state index contributed by atoms with van der Waals surface area (Å²) in [6.07, 6.45) is 1.23. The number of esters is 1. The third kappa shape index (κ3) is 6.56. The Morgan fingerprint density at radius 1 is 1.30 bits per heavy atom. The van der Waals surface area contributed by atoms with E-state index >= 15 is 0 Å². The molecule has 0 spiro atoms. The predicted octanol–water partition coefficient (Wildman–Crippen LogP) is 0.293. The Morgan fingerprint density at radius 3 is 2.57 bits per heavy atom. The normalized spacial score (nSPS) is 25.7. The quantitative estimate of drug-likeness (QED) is 0.186. The van der Waals surface area contributed by atoms with Crippen LogP contribution in [0, 0.1) is 12.3 Å². The molecule has 0 bridgehead atoms. The van der Waals surface area contributed by atoms with Crippen LogP contribution in [0.4, 0.5) is 0 Å². The van der Waals surface area contributed by atoms with E-state index in [1.807, 2.05) is 10.9 Å². The van der Waals surface area contributed by atoms with Crippen molar-refractivity contribution in [3.63, 3.8) is 0 Å². The Kier molecular flexibility index (Phi) is 8.76. The first-order valence-electron chi connectivity index (χ1n) is 11.2. The largest absolute Gasteiger partial charge is 0.462 e. The lowest BCUT2D eigenvalue weighted by atomic mass is 9.93. The molecule has 0 aliphatic carbocycles. The molecule has 4 N–H and O–H groups in total. The Balaban J connectivity index is 1.85. The summed E-state index contributed by atoms with van der Waals surface area (Å²) in [4.78, 5) is 37.9. The molecule has 200 valence electrons. The number of aromatic nitrogens is 2. The second-order valence-electron chi connectivity index (χ2n) is 8.48. The number of benzene rings is 1. The van der Waals surface area contributed by atoms with Gasteiger partial charge >= 0.3 is 19.4 Å². The summed E-state index contributed by atoms with van der Waals surface area (Å²) in [6.45, 7) is 3.99. The van der Waals surface area contributed by atoms with Crippen LogP contribution in [0.2, 0.25) is 0 Å². The zero-order chi connectivity index (χ0) is 27.4. The van der Waals surface area contributed by atoms with E-state index in [4.69, 9.17) is 24.9 Å². The maximum atomic E-state index is 13.7. The molecule has 0 radical (unpaired) electrons. The van der Waals surface area contributed by atoms with E-state index in [1.165, 1.54) is 19.1 Å². The minimum absolute atomic E-state index is 0.139. The molecule has 1 aromatic carbocycles. The Hall–Kier alpha value is -3.24. The van der Waals surface area contributed by atoms with Crippen molar-refractivity contribution in [1.82, 2.24) is 14.6 Å². The first kappa shape index (κ1) is 28.3. The molecule has 0 saturated carbocycles. The molecule has 2 aromatic rings. The van der Waals surface area contributed by atoms with Gasteiger partial charge in [-0.1, -0.05) is 24.1 Å². The topological polar surface area (TPSA) is 178 Å². The average Bonchev–Trinajstić information content (AvgIpc) is 3.08. The zero-order valence-corrected chi connectivity index (χ0v) is 21.2. The Bertz CT molecular complexity index is 1300. The summed E-state index contributed by atoms with van der Waals surface area (Å²) < 4.78 is 36.2. The van der Waals surface area contributed by atoms with Gasteiger partial charge in [-0.3, -0.25) is 23.7 Å². The second-order valence-corrected chi connectivity index (χ2v) is 10.2. The number of nitrogens with one attached hydrogen (secondary N) is 2. The van der Waals surface area contributed by atoms with E-state index in [9.17, 15) is 29.2 Å². The van der Waals surface area contributed by atoms with Gasteiger partial charge in [0.15, 0.2) is 11.8 Å². The van der Waals surface area contributed by atoms with Crippen LogP contribution >= 0.6 is 7.75 Å². The van der Waals surface area contributed by atoms with E-state index in [1.54, 1.807) is 32.0 Å². The fourth-order valence-corrected chi connectivity index (χ4v) is 4.94. The number of aliphatic hydroxyl groups is 2. The molecule has 37 heavy (non-hydrogen) atoms. The van der Waals surface area contributed by atoms with Gasteiger partial charge in [-0.2, -0.15) is 5.09 Å². The van der Waals surface area contributed by atoms with Crippen molar-refractivity contribution in [1.29, 1.82) is 0 Å². The van der Waals surface area contributed by atoms with E-state index < -0.39 is 67.8 Å². The fourth-order valence-electron chi connectivity index (χ4n) is 3.44. The number of H-pyrrole nitrogens is 1. The molecule has 1 aliphatic heterocycles. The highest BCUT2D eigenvalue weighted by Crippen LogP contribution is 2.47. The first-order valence-corrected chi connectivity index (χ1v) is 12.8. The molecule has 1 unspecified atom stereocenters. The lowest BCUT2D eigenvalue weighted by Gasteiger charge is -2.27. The van der Waals surface area contributed by atoms with Crippen LogP contribution in [0.5, 0.6) is 5.75 Å². The van der Waals surface area contributed by atoms with Crippen LogP contribution in [-0.4, -0.2) is 62.3 Å². The van der Waals surface area contributed by atoms with Gasteiger partial charge in [0, 0.05) is 12.3 Å². The van der Waals surface area contributed by atoms with Crippen LogP contribution in [-0.2, 0) is 23.4 Å². The van der Waals surface area contributed by atoms with Crippen LogP contribution in [0.3, 0.4) is 0 Å². The molecular formula is C23H28N3O10P. The van der Waals surface area contributed by atoms with Crippen molar-refractivity contribution in [3.8, 4) is 18.1 Å². The summed E-state index contributed by atoms with van der Waals surface area (Å²) in [5, 5.41) is 24.1. The molecule has 14 heteroatoms. The van der Waals surface area contributed by atoms with Crippen molar-refractivity contribution >= 4 is 13.7 Å². The van der Waals surface area contributed by atoms with Crippen molar-refractivity contribution in [2.24, 2.45) is 0 Å². The number of ether oxygens (including phenoxy) is 2. The molecule has 1 aliphatic rings. The number of aliphatic hydroxyl groups excluding tert-OH is 1. The molecule has 6 atom stereocenters. The highest BCUT2D eigenvalue weighted by atomic mass is 31.2. The number of carbonyl (C=O) groups is 1. The maximum absolute atomic E-state index is 13.7. The number of para-hydroxylation sites is 1. The number of carbonyl (C=O) groups excluding carboxylic acids is 1. The van der Waals surface area contributed by atoms with Gasteiger partial charge in [0.1, 0.15) is 24.0 Å². The number of rotatable bonds is 10. The number of nitrogens with zero attached hydrogens (tertiary/aromatic N) is 1.